The molecule has 4 heteroatoms. The molecule has 0 N–H and O–H groups in total. The van der Waals surface area contributed by atoms with E-state index in [2.05, 4.69) is 34.3 Å². The molecule has 0 spiro atoms. The van der Waals surface area contributed by atoms with Crippen LogP contribution in [0.2, 0.25) is 0 Å². The molecule has 1 aromatic heterocycles. The molecular formula is C17H16N3Pt-. The largest absolute Gasteiger partial charge is 0.399 e. The van der Waals surface area contributed by atoms with Gasteiger partial charge in [0.1, 0.15) is 0 Å². The van der Waals surface area contributed by atoms with E-state index in [9.17, 15) is 0 Å². The van der Waals surface area contributed by atoms with Crippen molar-refractivity contribution in [3.8, 4) is 16.8 Å². The van der Waals surface area contributed by atoms with Crippen LogP contribution in [0.25, 0.3) is 16.8 Å². The summed E-state index contributed by atoms with van der Waals surface area (Å²) in [4.78, 5) is 2.07. The van der Waals surface area contributed by atoms with Crippen molar-refractivity contribution in [2.75, 3.05) is 19.0 Å². The number of rotatable bonds is 3. The van der Waals surface area contributed by atoms with Crippen molar-refractivity contribution in [2.45, 2.75) is 0 Å². The first-order chi connectivity index (χ1) is 9.74. The summed E-state index contributed by atoms with van der Waals surface area (Å²) < 4.78 is 1.86. The van der Waals surface area contributed by atoms with Crippen LogP contribution in [0.1, 0.15) is 0 Å². The second kappa shape index (κ2) is 6.73. The minimum Gasteiger partial charge on any atom is -0.399 e. The molecule has 0 radical (unpaired) electrons. The van der Waals surface area contributed by atoms with Gasteiger partial charge in [0.05, 0.1) is 6.20 Å². The molecule has 3 nitrogen and oxygen atoms in total. The van der Waals surface area contributed by atoms with Gasteiger partial charge in [-0.3, -0.25) is 4.68 Å². The molecule has 0 saturated heterocycles. The summed E-state index contributed by atoms with van der Waals surface area (Å²) in [6.07, 6.45) is 3.91. The van der Waals surface area contributed by atoms with Crippen molar-refractivity contribution in [3.05, 3.63) is 67.0 Å². The van der Waals surface area contributed by atoms with E-state index >= 15 is 0 Å². The summed E-state index contributed by atoms with van der Waals surface area (Å²) in [5, 5.41) is 4.43. The third-order valence-corrected chi connectivity index (χ3v) is 3.22. The molecule has 3 rings (SSSR count). The van der Waals surface area contributed by atoms with Gasteiger partial charge >= 0.3 is 0 Å². The zero-order chi connectivity index (χ0) is 13.9. The molecule has 0 aliphatic heterocycles. The Kier molecular flexibility index (Phi) is 4.97. The maximum atomic E-state index is 4.43. The molecule has 21 heavy (non-hydrogen) atoms. The molecule has 0 unspecified atom stereocenters. The van der Waals surface area contributed by atoms with E-state index in [4.69, 9.17) is 0 Å². The molecule has 0 fully saturated rings. The van der Waals surface area contributed by atoms with Crippen LogP contribution in [0.3, 0.4) is 0 Å². The fourth-order valence-electron chi connectivity index (χ4n) is 2.09. The van der Waals surface area contributed by atoms with Crippen molar-refractivity contribution in [1.29, 1.82) is 0 Å². The Balaban J connectivity index is 0.00000161. The minimum absolute atomic E-state index is 0. The van der Waals surface area contributed by atoms with Crippen molar-refractivity contribution in [3.63, 3.8) is 0 Å². The maximum Gasteiger partial charge on any atom is 0.0571 e. The Morgan fingerprint density at radius 1 is 1.05 bits per heavy atom. The summed E-state index contributed by atoms with van der Waals surface area (Å²) in [5.74, 6) is 0. The number of hydrogen-bond acceptors (Lipinski definition) is 2. The van der Waals surface area contributed by atoms with Crippen LogP contribution in [0.15, 0.2) is 60.9 Å². The molecule has 0 saturated carbocycles. The van der Waals surface area contributed by atoms with Crippen LogP contribution >= 0.6 is 0 Å². The van der Waals surface area contributed by atoms with Gasteiger partial charge in [-0.25, -0.2) is 0 Å². The standard InChI is InChI=1S/C17H16N3.Pt/c1-19(2)16-9-6-10-17(11-16)20-13-15(12-18-20)14-7-4-3-5-8-14;/h3-9,11-13H,1-2H3;/q-1;. The molecule has 0 bridgehead atoms. The van der Waals surface area contributed by atoms with Crippen LogP contribution in [-0.2, 0) is 21.1 Å². The number of nitrogens with zero attached hydrogens (tertiary/aromatic N) is 3. The average Bonchev–Trinajstić information content (AvgIpc) is 2.98. The fraction of sp³-hybridized carbons (Fsp3) is 0.118. The van der Waals surface area contributed by atoms with Crippen molar-refractivity contribution in [2.24, 2.45) is 0 Å². The quantitative estimate of drug-likeness (QED) is 0.563. The summed E-state index contributed by atoms with van der Waals surface area (Å²) >= 11 is 0. The average molecular weight is 457 g/mol. The van der Waals surface area contributed by atoms with Crippen molar-refractivity contribution in [1.82, 2.24) is 9.78 Å². The maximum absolute atomic E-state index is 4.43. The zero-order valence-corrected chi connectivity index (χ0v) is 14.2. The first-order valence-electron chi connectivity index (χ1n) is 6.53. The van der Waals surface area contributed by atoms with Crippen LogP contribution in [-0.4, -0.2) is 23.9 Å². The van der Waals surface area contributed by atoms with Crippen LogP contribution < -0.4 is 4.90 Å². The first-order valence-corrected chi connectivity index (χ1v) is 6.53. The number of hydrogen-bond donors (Lipinski definition) is 0. The molecule has 0 aliphatic carbocycles. The molecule has 0 aliphatic rings. The van der Waals surface area contributed by atoms with Crippen LogP contribution in [0, 0.1) is 6.07 Å². The first kappa shape index (κ1) is 15.5. The fourth-order valence-corrected chi connectivity index (χ4v) is 2.09. The van der Waals surface area contributed by atoms with Crippen molar-refractivity contribution >= 4 is 5.69 Å². The molecule has 110 valence electrons. The topological polar surface area (TPSA) is 21.1 Å². The molecule has 0 atom stereocenters. The van der Waals surface area contributed by atoms with E-state index in [0.717, 1.165) is 16.9 Å². The van der Waals surface area contributed by atoms with Gasteiger partial charge in [0.2, 0.25) is 0 Å². The molecule has 3 aromatic rings. The van der Waals surface area contributed by atoms with E-state index in [1.807, 2.05) is 61.5 Å². The Labute approximate surface area is 139 Å². The Hall–Kier alpha value is -1.86. The van der Waals surface area contributed by atoms with Gasteiger partial charge in [-0.2, -0.15) is 17.2 Å². The van der Waals surface area contributed by atoms with Crippen molar-refractivity contribution < 1.29 is 21.1 Å². The molecule has 1 heterocycles. The summed E-state index contributed by atoms with van der Waals surface area (Å²) in [5.41, 5.74) is 4.35. The third kappa shape index (κ3) is 3.43. The van der Waals surface area contributed by atoms with E-state index in [1.54, 1.807) is 0 Å². The van der Waals surface area contributed by atoms with E-state index < -0.39 is 0 Å². The predicted molar refractivity (Wildman–Crippen MR) is 82.2 cm³/mol. The van der Waals surface area contributed by atoms with Gasteiger partial charge in [-0.1, -0.05) is 36.0 Å². The van der Waals surface area contributed by atoms with Gasteiger partial charge < -0.3 is 4.90 Å². The number of anilines is 1. The second-order valence-corrected chi connectivity index (χ2v) is 4.87. The Bertz CT molecular complexity index is 705. The summed E-state index contributed by atoms with van der Waals surface area (Å²) in [6, 6.07) is 19.5. The normalized spacial score (nSPS) is 10.0. The summed E-state index contributed by atoms with van der Waals surface area (Å²) in [6.45, 7) is 0. The van der Waals surface area contributed by atoms with E-state index in [0.29, 0.717) is 0 Å². The Morgan fingerprint density at radius 2 is 1.81 bits per heavy atom. The van der Waals surface area contributed by atoms with E-state index in [1.165, 1.54) is 5.56 Å². The monoisotopic (exact) mass is 457 g/mol. The van der Waals surface area contributed by atoms with Crippen LogP contribution in [0.5, 0.6) is 0 Å². The molecule has 2 aromatic carbocycles. The molecule has 0 amide bonds. The Morgan fingerprint density at radius 3 is 2.52 bits per heavy atom. The predicted octanol–water partition coefficient (Wildman–Crippen LogP) is 3.40. The van der Waals surface area contributed by atoms with Gasteiger partial charge in [-0.05, 0) is 11.3 Å². The minimum atomic E-state index is 0. The van der Waals surface area contributed by atoms with Crippen LogP contribution in [0.4, 0.5) is 5.69 Å². The van der Waals surface area contributed by atoms with Gasteiger partial charge in [0.25, 0.3) is 0 Å². The van der Waals surface area contributed by atoms with Gasteiger partial charge in [-0.15, -0.1) is 12.1 Å². The smallest absolute Gasteiger partial charge is 0.0571 e. The number of aromatic nitrogens is 2. The zero-order valence-electron chi connectivity index (χ0n) is 11.9. The second-order valence-electron chi connectivity index (χ2n) is 4.87. The SMILES string of the molecule is CN(C)c1cc[c-]c(-n2cc(-c3ccccc3)cn2)c1.[Pt]. The van der Waals surface area contributed by atoms with Gasteiger partial charge in [0, 0.05) is 46.9 Å². The number of benzene rings is 2. The molecular weight excluding hydrogens is 441 g/mol. The third-order valence-electron chi connectivity index (χ3n) is 3.22. The van der Waals surface area contributed by atoms with E-state index in [-0.39, 0.29) is 21.1 Å². The summed E-state index contributed by atoms with van der Waals surface area (Å²) in [7, 11) is 4.05. The van der Waals surface area contributed by atoms with Gasteiger partial charge in [0.15, 0.2) is 0 Å².